The van der Waals surface area contributed by atoms with E-state index in [9.17, 15) is 4.79 Å². The third-order valence-electron chi connectivity index (χ3n) is 2.65. The van der Waals surface area contributed by atoms with Crippen molar-refractivity contribution in [3.8, 4) is 0 Å². The molecule has 0 saturated heterocycles. The summed E-state index contributed by atoms with van der Waals surface area (Å²) in [5.41, 5.74) is 1.93. The van der Waals surface area contributed by atoms with Gasteiger partial charge in [-0.25, -0.2) is 4.98 Å². The number of amides is 1. The molecule has 5 nitrogen and oxygen atoms in total. The van der Waals surface area contributed by atoms with Crippen LogP contribution in [-0.2, 0) is 11.3 Å². The van der Waals surface area contributed by atoms with Crippen LogP contribution in [0.1, 0.15) is 32.2 Å². The van der Waals surface area contributed by atoms with Gasteiger partial charge in [0.2, 0.25) is 5.91 Å². The lowest BCUT2D eigenvalue weighted by atomic mass is 10.1. The average Bonchev–Trinajstić information content (AvgIpc) is 2.78. The fourth-order valence-electron chi connectivity index (χ4n) is 1.91. The van der Waals surface area contributed by atoms with Gasteiger partial charge in [-0.3, -0.25) is 9.20 Å². The number of aryl methyl sites for hydroxylation is 1. The van der Waals surface area contributed by atoms with Gasteiger partial charge in [-0.2, -0.15) is 0 Å². The zero-order valence-corrected chi connectivity index (χ0v) is 12.6. The Labute approximate surface area is 117 Å². The number of carbonyl (C=O) groups is 1. The summed E-state index contributed by atoms with van der Waals surface area (Å²) in [4.78, 5) is 17.2. The summed E-state index contributed by atoms with van der Waals surface area (Å²) in [5, 5.41) is 8.10. The van der Waals surface area contributed by atoms with Crippen molar-refractivity contribution < 1.29 is 4.79 Å². The van der Waals surface area contributed by atoms with E-state index in [-0.39, 0.29) is 11.4 Å². The Bertz CT molecular complexity index is 579. The molecule has 2 aromatic rings. The molecular weight excluding hydrogens is 260 g/mol. The standard InChI is InChI=1S/C13H20N4OS/c1-9-10(17-5-6-19-12(17)15-9)7-14-8-11(18)16-13(2,3)4/h5-6,14H,7-8H2,1-4H3,(H,16,18). The molecule has 0 spiro atoms. The van der Waals surface area contributed by atoms with E-state index in [1.54, 1.807) is 11.3 Å². The molecular formula is C13H20N4OS. The molecule has 0 radical (unpaired) electrons. The fourth-order valence-corrected chi connectivity index (χ4v) is 2.69. The van der Waals surface area contributed by atoms with Crippen molar-refractivity contribution in [1.29, 1.82) is 0 Å². The number of thiazole rings is 1. The van der Waals surface area contributed by atoms with E-state index >= 15 is 0 Å². The summed E-state index contributed by atoms with van der Waals surface area (Å²) in [7, 11) is 0. The molecule has 19 heavy (non-hydrogen) atoms. The third-order valence-corrected chi connectivity index (χ3v) is 3.41. The molecule has 1 amide bonds. The maximum absolute atomic E-state index is 11.7. The van der Waals surface area contributed by atoms with Crippen LogP contribution >= 0.6 is 11.3 Å². The first-order valence-corrected chi connectivity index (χ1v) is 7.17. The Morgan fingerprint density at radius 2 is 2.21 bits per heavy atom. The molecule has 0 aliphatic carbocycles. The summed E-state index contributed by atoms with van der Waals surface area (Å²) >= 11 is 1.61. The number of nitrogens with one attached hydrogen (secondary N) is 2. The monoisotopic (exact) mass is 280 g/mol. The minimum Gasteiger partial charge on any atom is -0.350 e. The van der Waals surface area contributed by atoms with E-state index in [1.807, 2.05) is 39.3 Å². The van der Waals surface area contributed by atoms with Crippen molar-refractivity contribution in [2.45, 2.75) is 39.8 Å². The van der Waals surface area contributed by atoms with Crippen molar-refractivity contribution >= 4 is 22.2 Å². The molecule has 0 unspecified atom stereocenters. The maximum Gasteiger partial charge on any atom is 0.234 e. The first-order valence-electron chi connectivity index (χ1n) is 6.29. The van der Waals surface area contributed by atoms with Crippen molar-refractivity contribution in [2.75, 3.05) is 6.54 Å². The quantitative estimate of drug-likeness (QED) is 0.896. The zero-order chi connectivity index (χ0) is 14.0. The molecule has 0 aromatic carbocycles. The Morgan fingerprint density at radius 3 is 2.89 bits per heavy atom. The third kappa shape index (κ3) is 3.54. The van der Waals surface area contributed by atoms with Crippen LogP contribution in [0, 0.1) is 6.92 Å². The van der Waals surface area contributed by atoms with E-state index < -0.39 is 0 Å². The van der Waals surface area contributed by atoms with Crippen LogP contribution < -0.4 is 10.6 Å². The fraction of sp³-hybridized carbons (Fsp3) is 0.538. The van der Waals surface area contributed by atoms with Gasteiger partial charge in [0.15, 0.2) is 4.96 Å². The molecule has 0 bridgehead atoms. The molecule has 0 saturated carbocycles. The number of imidazole rings is 1. The largest absolute Gasteiger partial charge is 0.350 e. The van der Waals surface area contributed by atoms with Crippen molar-refractivity contribution in [1.82, 2.24) is 20.0 Å². The number of hydrogen-bond donors (Lipinski definition) is 2. The lowest BCUT2D eigenvalue weighted by Gasteiger charge is -2.20. The summed E-state index contributed by atoms with van der Waals surface area (Å²) in [5.74, 6) is 0.0104. The lowest BCUT2D eigenvalue weighted by molar-refractivity contribution is -0.121. The molecule has 0 aliphatic heterocycles. The highest BCUT2D eigenvalue weighted by Gasteiger charge is 2.14. The SMILES string of the molecule is Cc1nc2sccn2c1CNCC(=O)NC(C)(C)C. The van der Waals surface area contributed by atoms with Gasteiger partial charge in [0, 0.05) is 23.7 Å². The van der Waals surface area contributed by atoms with Crippen LogP contribution in [0.3, 0.4) is 0 Å². The van der Waals surface area contributed by atoms with Crippen molar-refractivity contribution in [3.63, 3.8) is 0 Å². The maximum atomic E-state index is 11.7. The van der Waals surface area contributed by atoms with Crippen LogP contribution in [0.4, 0.5) is 0 Å². The Kier molecular flexibility index (Phi) is 3.91. The normalized spacial score (nSPS) is 12.0. The van der Waals surface area contributed by atoms with Gasteiger partial charge in [-0.05, 0) is 27.7 Å². The smallest absolute Gasteiger partial charge is 0.234 e. The summed E-state index contributed by atoms with van der Waals surface area (Å²) in [6, 6.07) is 0. The number of fused-ring (bicyclic) bond motifs is 1. The molecule has 0 atom stereocenters. The first kappa shape index (κ1) is 14.0. The Balaban J connectivity index is 1.91. The van der Waals surface area contributed by atoms with E-state index in [0.717, 1.165) is 16.3 Å². The van der Waals surface area contributed by atoms with E-state index in [2.05, 4.69) is 20.0 Å². The molecule has 104 valence electrons. The summed E-state index contributed by atoms with van der Waals surface area (Å²) < 4.78 is 2.06. The summed E-state index contributed by atoms with van der Waals surface area (Å²) in [6.45, 7) is 8.87. The number of carbonyl (C=O) groups excluding carboxylic acids is 1. The minimum atomic E-state index is -0.189. The zero-order valence-electron chi connectivity index (χ0n) is 11.8. The molecule has 2 rings (SSSR count). The number of nitrogens with zero attached hydrogens (tertiary/aromatic N) is 2. The topological polar surface area (TPSA) is 58.4 Å². The highest BCUT2D eigenvalue weighted by Crippen LogP contribution is 2.16. The molecule has 0 aliphatic rings. The molecule has 2 aromatic heterocycles. The second-order valence-electron chi connectivity index (χ2n) is 5.60. The van der Waals surface area contributed by atoms with Gasteiger partial charge < -0.3 is 10.6 Å². The number of aromatic nitrogens is 2. The number of hydrogen-bond acceptors (Lipinski definition) is 4. The van der Waals surface area contributed by atoms with Crippen LogP contribution in [0.25, 0.3) is 4.96 Å². The van der Waals surface area contributed by atoms with E-state index in [0.29, 0.717) is 13.1 Å². The number of rotatable bonds is 4. The highest BCUT2D eigenvalue weighted by molar-refractivity contribution is 7.15. The van der Waals surface area contributed by atoms with Gasteiger partial charge in [0.1, 0.15) is 0 Å². The predicted molar refractivity (Wildman–Crippen MR) is 77.4 cm³/mol. The van der Waals surface area contributed by atoms with Crippen LogP contribution in [0.15, 0.2) is 11.6 Å². The van der Waals surface area contributed by atoms with Gasteiger partial charge >= 0.3 is 0 Å². The average molecular weight is 280 g/mol. The Hall–Kier alpha value is -1.40. The van der Waals surface area contributed by atoms with Gasteiger partial charge in [-0.15, -0.1) is 11.3 Å². The first-order chi connectivity index (χ1) is 8.87. The van der Waals surface area contributed by atoms with E-state index in [4.69, 9.17) is 0 Å². The Morgan fingerprint density at radius 1 is 1.47 bits per heavy atom. The minimum absolute atomic E-state index is 0.0104. The molecule has 2 N–H and O–H groups in total. The predicted octanol–water partition coefficient (Wildman–Crippen LogP) is 1.71. The lowest BCUT2D eigenvalue weighted by Crippen LogP contribution is -2.44. The van der Waals surface area contributed by atoms with E-state index in [1.165, 1.54) is 0 Å². The second kappa shape index (κ2) is 5.30. The molecule has 6 heteroatoms. The molecule has 0 fully saturated rings. The van der Waals surface area contributed by atoms with Gasteiger partial charge in [0.05, 0.1) is 17.9 Å². The van der Waals surface area contributed by atoms with Crippen LogP contribution in [0.5, 0.6) is 0 Å². The van der Waals surface area contributed by atoms with Crippen molar-refractivity contribution in [3.05, 3.63) is 23.0 Å². The van der Waals surface area contributed by atoms with Crippen LogP contribution in [-0.4, -0.2) is 27.4 Å². The van der Waals surface area contributed by atoms with Crippen molar-refractivity contribution in [2.24, 2.45) is 0 Å². The second-order valence-corrected chi connectivity index (χ2v) is 6.47. The summed E-state index contributed by atoms with van der Waals surface area (Å²) in [6.07, 6.45) is 2.01. The van der Waals surface area contributed by atoms with Gasteiger partial charge in [-0.1, -0.05) is 0 Å². The highest BCUT2D eigenvalue weighted by atomic mass is 32.1. The van der Waals surface area contributed by atoms with Crippen LogP contribution in [0.2, 0.25) is 0 Å². The van der Waals surface area contributed by atoms with Gasteiger partial charge in [0.25, 0.3) is 0 Å². The molecule has 2 heterocycles.